The second kappa shape index (κ2) is 17.8. The summed E-state index contributed by atoms with van der Waals surface area (Å²) in [6.45, 7) is 4.23. The quantitative estimate of drug-likeness (QED) is 0.132. The van der Waals surface area contributed by atoms with Crippen LogP contribution in [0, 0.1) is 25.5 Å². The van der Waals surface area contributed by atoms with Crippen LogP contribution in [0.25, 0.3) is 11.1 Å². The summed E-state index contributed by atoms with van der Waals surface area (Å²) in [5.74, 6) is -3.30. The van der Waals surface area contributed by atoms with E-state index in [1.165, 1.54) is 4.90 Å². The fraction of sp³-hybridized carbons (Fsp3) is 0.208. The van der Waals surface area contributed by atoms with Gasteiger partial charge in [-0.15, -0.1) is 0 Å². The number of nitrogens with zero attached hydrogens (tertiary/aromatic N) is 2. The summed E-state index contributed by atoms with van der Waals surface area (Å²) in [7, 11) is 0. The number of carboxylic acids is 1. The van der Waals surface area contributed by atoms with Crippen molar-refractivity contribution in [3.8, 4) is 28.4 Å². The Morgan fingerprint density at radius 1 is 0.871 bits per heavy atom. The van der Waals surface area contributed by atoms with Crippen molar-refractivity contribution in [1.29, 1.82) is 0 Å². The topological polar surface area (TPSA) is 127 Å². The molecule has 0 saturated heterocycles. The van der Waals surface area contributed by atoms with Crippen LogP contribution in [0.1, 0.15) is 55.5 Å². The predicted octanol–water partition coefficient (Wildman–Crippen LogP) is 9.42. The van der Waals surface area contributed by atoms with E-state index < -0.39 is 47.6 Å². The van der Waals surface area contributed by atoms with Gasteiger partial charge in [0.05, 0.1) is 10.0 Å². The molecule has 0 spiro atoms. The van der Waals surface area contributed by atoms with E-state index in [9.17, 15) is 28.3 Å². The van der Waals surface area contributed by atoms with Crippen LogP contribution in [-0.4, -0.2) is 51.5 Å². The number of carboxylic acid groups (broad SMARTS) is 1. The highest BCUT2D eigenvalue weighted by Gasteiger charge is 2.38. The normalized spacial score (nSPS) is 15.9. The molecule has 0 fully saturated rings. The zero-order chi connectivity index (χ0) is 43.7. The van der Waals surface area contributed by atoms with Crippen LogP contribution in [0.3, 0.4) is 0 Å². The monoisotopic (exact) mass is 877 g/mol. The second-order valence-electron chi connectivity index (χ2n) is 15.3. The van der Waals surface area contributed by atoms with Gasteiger partial charge in [-0.25, -0.2) is 13.6 Å². The third-order valence-electron chi connectivity index (χ3n) is 11.1. The average molecular weight is 879 g/mol. The van der Waals surface area contributed by atoms with Gasteiger partial charge in [-0.1, -0.05) is 65.7 Å². The number of hydrogen-bond donors (Lipinski definition) is 2. The maximum atomic E-state index is 14.4. The van der Waals surface area contributed by atoms with Crippen molar-refractivity contribution in [3.05, 3.63) is 176 Å². The van der Waals surface area contributed by atoms with Gasteiger partial charge in [0.1, 0.15) is 42.7 Å². The molecule has 6 aromatic rings. The molecule has 2 aliphatic rings. The molecule has 5 aromatic carbocycles. The number of benzene rings is 5. The molecule has 0 unspecified atom stereocenters. The van der Waals surface area contributed by atoms with Gasteiger partial charge in [-0.3, -0.25) is 14.6 Å². The molecular weight excluding hydrogens is 839 g/mol. The Bertz CT molecular complexity index is 2680. The third-order valence-corrected chi connectivity index (χ3v) is 11.9. The largest absolute Gasteiger partial charge is 0.489 e. The number of carbonyl (C=O) groups excluding carboxylic acids is 2. The molecule has 10 nitrogen and oxygen atoms in total. The van der Waals surface area contributed by atoms with Gasteiger partial charge in [0.15, 0.2) is 17.6 Å². The zero-order valence-corrected chi connectivity index (χ0v) is 35.0. The minimum Gasteiger partial charge on any atom is -0.489 e. The van der Waals surface area contributed by atoms with Crippen molar-refractivity contribution >= 4 is 41.0 Å². The first kappa shape index (κ1) is 42.2. The maximum Gasteiger partial charge on any atom is 0.326 e. The molecule has 2 amide bonds. The van der Waals surface area contributed by atoms with Crippen LogP contribution in [-0.2, 0) is 35.6 Å². The molecule has 2 N–H and O–H groups in total. The highest BCUT2D eigenvalue weighted by Crippen LogP contribution is 2.41. The number of amides is 2. The number of nitrogens with one attached hydrogen (secondary N) is 1. The summed E-state index contributed by atoms with van der Waals surface area (Å²) >= 11 is 12.2. The number of carbonyl (C=O) groups is 3. The number of halogens is 4. The third kappa shape index (κ3) is 9.21. The molecular formula is C48H39Cl2F2N3O7. The molecule has 0 saturated carbocycles. The van der Waals surface area contributed by atoms with E-state index in [4.69, 9.17) is 37.4 Å². The number of rotatable bonds is 11. The summed E-state index contributed by atoms with van der Waals surface area (Å²) in [5, 5.41) is 13.8. The number of aromatic nitrogens is 1. The lowest BCUT2D eigenvalue weighted by Gasteiger charge is -2.37. The van der Waals surface area contributed by atoms with E-state index in [0.29, 0.717) is 50.1 Å². The molecule has 0 bridgehead atoms. The number of aliphatic carboxylic acids is 1. The Morgan fingerprint density at radius 2 is 1.58 bits per heavy atom. The second-order valence-corrected chi connectivity index (χ2v) is 16.1. The van der Waals surface area contributed by atoms with Crippen LogP contribution in [0.4, 0.5) is 8.78 Å². The van der Waals surface area contributed by atoms with E-state index in [0.717, 1.165) is 45.6 Å². The Hall–Kier alpha value is -6.50. The minimum atomic E-state index is -1.36. The van der Waals surface area contributed by atoms with Gasteiger partial charge in [-0.05, 0) is 113 Å². The molecule has 316 valence electrons. The molecule has 0 aliphatic carbocycles. The van der Waals surface area contributed by atoms with Crippen LogP contribution in [0.2, 0.25) is 10.0 Å². The predicted molar refractivity (Wildman–Crippen MR) is 229 cm³/mol. The lowest BCUT2D eigenvalue weighted by Crippen LogP contribution is -2.56. The molecule has 14 heteroatoms. The highest BCUT2D eigenvalue weighted by molar-refractivity contribution is 6.42. The standard InChI is InChI=1S/C48H39Cl2F2N3O7/c1-26-27(2)53-14-13-38(26)30-6-3-28(4-7-30)16-41(48(58)59)54-46(56)42-19-32-20-43-44(21-34(32)23-55(42)47(57)33-17-35(51)22-36(52)18-33)62-45(25-61-43)31-8-10-37(11-9-31)60-24-29-5-12-39(49)40(50)15-29/h3-15,17-18,20-22,41-42,45H,16,19,23-25H2,1-2H3,(H,54,56)(H,58,59)/t41-,42-,45+/m0/s1. The van der Waals surface area contributed by atoms with Gasteiger partial charge < -0.3 is 29.5 Å². The Kier molecular flexibility index (Phi) is 12.1. The fourth-order valence-corrected chi connectivity index (χ4v) is 7.98. The van der Waals surface area contributed by atoms with E-state index >= 15 is 0 Å². The molecule has 2 aliphatic heterocycles. The molecule has 1 aromatic heterocycles. The Labute approximate surface area is 366 Å². The summed E-state index contributed by atoms with van der Waals surface area (Å²) < 4.78 is 47.3. The van der Waals surface area contributed by atoms with E-state index in [1.807, 2.05) is 62.4 Å². The van der Waals surface area contributed by atoms with Crippen LogP contribution in [0.15, 0.2) is 109 Å². The van der Waals surface area contributed by atoms with Crippen molar-refractivity contribution in [3.63, 3.8) is 0 Å². The highest BCUT2D eigenvalue weighted by atomic mass is 35.5. The summed E-state index contributed by atoms with van der Waals surface area (Å²) in [6.07, 6.45) is 1.15. The number of hydrogen-bond acceptors (Lipinski definition) is 7. The summed E-state index contributed by atoms with van der Waals surface area (Å²) in [4.78, 5) is 46.3. The first-order chi connectivity index (χ1) is 29.8. The van der Waals surface area contributed by atoms with Crippen molar-refractivity contribution in [2.45, 2.75) is 58.0 Å². The smallest absolute Gasteiger partial charge is 0.326 e. The van der Waals surface area contributed by atoms with Crippen LogP contribution >= 0.6 is 23.2 Å². The molecule has 62 heavy (non-hydrogen) atoms. The van der Waals surface area contributed by atoms with Crippen LogP contribution in [0.5, 0.6) is 17.2 Å². The van der Waals surface area contributed by atoms with Gasteiger partial charge in [0.2, 0.25) is 5.91 Å². The minimum absolute atomic E-state index is 0.0415. The van der Waals surface area contributed by atoms with Gasteiger partial charge in [-0.2, -0.15) is 0 Å². The lowest BCUT2D eigenvalue weighted by molar-refractivity contribution is -0.142. The van der Waals surface area contributed by atoms with Gasteiger partial charge in [0.25, 0.3) is 5.91 Å². The SMILES string of the molecule is Cc1nccc(-c2ccc(C[C@H](NC(=O)[C@@H]3Cc4cc5c(cc4CN3C(=O)c3cc(F)cc(F)c3)O[C@@H](c3ccc(OCc4ccc(Cl)c(Cl)c4)cc3)CO5)C(=O)O)cc2)c1C. The Morgan fingerprint density at radius 3 is 2.29 bits per heavy atom. The number of aryl methyl sites for hydroxylation is 1. The fourth-order valence-electron chi connectivity index (χ4n) is 7.66. The van der Waals surface area contributed by atoms with Crippen molar-refractivity contribution in [2.75, 3.05) is 6.61 Å². The van der Waals surface area contributed by atoms with Crippen molar-refractivity contribution < 1.29 is 42.5 Å². The number of pyridine rings is 1. The van der Waals surface area contributed by atoms with E-state index in [1.54, 1.807) is 42.6 Å². The van der Waals surface area contributed by atoms with Crippen molar-refractivity contribution in [1.82, 2.24) is 15.2 Å². The number of fused-ring (bicyclic) bond motifs is 2. The first-order valence-corrected chi connectivity index (χ1v) is 20.5. The van der Waals surface area contributed by atoms with Crippen molar-refractivity contribution in [2.24, 2.45) is 0 Å². The zero-order valence-electron chi connectivity index (χ0n) is 33.5. The molecule has 8 rings (SSSR count). The van der Waals surface area contributed by atoms with E-state index in [-0.39, 0.29) is 38.2 Å². The first-order valence-electron chi connectivity index (χ1n) is 19.7. The van der Waals surface area contributed by atoms with Gasteiger partial charge >= 0.3 is 5.97 Å². The maximum absolute atomic E-state index is 14.4. The van der Waals surface area contributed by atoms with Gasteiger partial charge in [0, 0.05) is 42.9 Å². The summed E-state index contributed by atoms with van der Waals surface area (Å²) in [5.41, 5.74) is 7.17. The average Bonchev–Trinajstić information content (AvgIpc) is 3.26. The molecule has 3 atom stereocenters. The lowest BCUT2D eigenvalue weighted by atomic mass is 9.91. The summed E-state index contributed by atoms with van der Waals surface area (Å²) in [6, 6.07) is 25.3. The molecule has 0 radical (unpaired) electrons. The van der Waals surface area contributed by atoms with E-state index in [2.05, 4.69) is 10.3 Å². The Balaban J connectivity index is 1.00. The number of ether oxygens (including phenoxy) is 3. The molecule has 3 heterocycles. The van der Waals surface area contributed by atoms with Crippen LogP contribution < -0.4 is 19.5 Å².